The number of nitrogen functional groups attached to an aromatic ring is 1. The summed E-state index contributed by atoms with van der Waals surface area (Å²) >= 11 is 0. The van der Waals surface area contributed by atoms with E-state index in [4.69, 9.17) is 10.8 Å². The van der Waals surface area contributed by atoms with Gasteiger partial charge >= 0.3 is 0 Å². The average molecular weight is 179 g/mol. The first kappa shape index (κ1) is 7.93. The molecule has 68 valence electrons. The number of hydrogen-bond acceptors (Lipinski definition) is 5. The van der Waals surface area contributed by atoms with Crippen LogP contribution in [0.15, 0.2) is 12.5 Å². The van der Waals surface area contributed by atoms with Crippen LogP contribution in [0.2, 0.25) is 0 Å². The zero-order valence-corrected chi connectivity index (χ0v) is 6.88. The highest BCUT2D eigenvalue weighted by molar-refractivity contribution is 5.58. The van der Waals surface area contributed by atoms with E-state index in [0.717, 1.165) is 5.69 Å². The quantitative estimate of drug-likeness (QED) is 0.632. The third-order valence-electron chi connectivity index (χ3n) is 1.77. The second-order valence-corrected chi connectivity index (χ2v) is 2.60. The molecule has 0 saturated heterocycles. The lowest BCUT2D eigenvalue weighted by atomic mass is 10.3. The Labute approximate surface area is 74.0 Å². The second kappa shape index (κ2) is 2.98. The lowest BCUT2D eigenvalue weighted by Crippen LogP contribution is -2.03. The number of aliphatic hydroxyl groups excluding tert-OH is 1. The summed E-state index contributed by atoms with van der Waals surface area (Å²) in [6.45, 7) is 0.0672. The minimum Gasteiger partial charge on any atom is -0.396 e. The first-order valence-corrected chi connectivity index (χ1v) is 3.87. The molecule has 13 heavy (non-hydrogen) atoms. The van der Waals surface area contributed by atoms with E-state index in [1.165, 1.54) is 6.33 Å². The van der Waals surface area contributed by atoms with Crippen molar-refractivity contribution in [3.05, 3.63) is 18.2 Å². The summed E-state index contributed by atoms with van der Waals surface area (Å²) in [6, 6.07) is 0. The largest absolute Gasteiger partial charge is 0.396 e. The molecule has 0 fully saturated rings. The Balaban J connectivity index is 2.61. The highest BCUT2D eigenvalue weighted by Gasteiger charge is 2.06. The summed E-state index contributed by atoms with van der Waals surface area (Å²) in [5.41, 5.74) is 6.93. The van der Waals surface area contributed by atoms with Crippen LogP contribution in [0.1, 0.15) is 5.69 Å². The monoisotopic (exact) mass is 179 g/mol. The van der Waals surface area contributed by atoms with Gasteiger partial charge in [0.05, 0.1) is 11.9 Å². The van der Waals surface area contributed by atoms with Crippen molar-refractivity contribution in [3.63, 3.8) is 0 Å². The SMILES string of the molecule is Nc1ncnn2c(CCO)cnc12. The van der Waals surface area contributed by atoms with Gasteiger partial charge in [-0.1, -0.05) is 0 Å². The van der Waals surface area contributed by atoms with E-state index >= 15 is 0 Å². The maximum Gasteiger partial charge on any atom is 0.196 e. The predicted octanol–water partition coefficient (Wildman–Crippen LogP) is -0.759. The van der Waals surface area contributed by atoms with Gasteiger partial charge in [-0.3, -0.25) is 0 Å². The number of anilines is 1. The molecule has 0 radical (unpaired) electrons. The standard InChI is InChI=1S/C7H9N5O/c8-6-7-9-3-5(1-2-13)12(7)11-4-10-6/h3-4,13H,1-2H2,(H2,8,10,11). The van der Waals surface area contributed by atoms with E-state index in [2.05, 4.69) is 15.1 Å². The highest BCUT2D eigenvalue weighted by Crippen LogP contribution is 2.08. The van der Waals surface area contributed by atoms with Crippen LogP contribution < -0.4 is 5.73 Å². The topological polar surface area (TPSA) is 89.3 Å². The van der Waals surface area contributed by atoms with Gasteiger partial charge in [-0.05, 0) is 0 Å². The van der Waals surface area contributed by atoms with Crippen molar-refractivity contribution in [2.45, 2.75) is 6.42 Å². The van der Waals surface area contributed by atoms with Crippen molar-refractivity contribution in [2.75, 3.05) is 12.3 Å². The number of imidazole rings is 1. The molecule has 0 atom stereocenters. The van der Waals surface area contributed by atoms with Crippen LogP contribution in [0.3, 0.4) is 0 Å². The van der Waals surface area contributed by atoms with Gasteiger partial charge in [-0.15, -0.1) is 0 Å². The molecule has 0 aliphatic heterocycles. The minimum absolute atomic E-state index is 0.0672. The van der Waals surface area contributed by atoms with Crippen LogP contribution in [-0.2, 0) is 6.42 Å². The van der Waals surface area contributed by atoms with E-state index in [1.807, 2.05) is 0 Å². The molecule has 0 bridgehead atoms. The molecule has 0 saturated carbocycles. The highest BCUT2D eigenvalue weighted by atomic mass is 16.3. The van der Waals surface area contributed by atoms with E-state index in [-0.39, 0.29) is 6.61 Å². The number of rotatable bonds is 2. The van der Waals surface area contributed by atoms with Crippen LogP contribution in [0, 0.1) is 0 Å². The molecule has 0 unspecified atom stereocenters. The van der Waals surface area contributed by atoms with Crippen molar-refractivity contribution >= 4 is 11.5 Å². The fraction of sp³-hybridized carbons (Fsp3) is 0.286. The Hall–Kier alpha value is -1.69. The molecule has 0 aromatic carbocycles. The van der Waals surface area contributed by atoms with E-state index in [9.17, 15) is 0 Å². The number of aliphatic hydroxyl groups is 1. The lowest BCUT2D eigenvalue weighted by molar-refractivity contribution is 0.297. The summed E-state index contributed by atoms with van der Waals surface area (Å²) < 4.78 is 1.58. The summed E-state index contributed by atoms with van der Waals surface area (Å²) in [5, 5.41) is 12.7. The Morgan fingerprint density at radius 2 is 2.31 bits per heavy atom. The van der Waals surface area contributed by atoms with Crippen LogP contribution in [0.4, 0.5) is 5.82 Å². The van der Waals surface area contributed by atoms with Gasteiger partial charge < -0.3 is 10.8 Å². The molecule has 6 heteroatoms. The molecule has 0 spiro atoms. The zero-order chi connectivity index (χ0) is 9.26. The van der Waals surface area contributed by atoms with Crippen LogP contribution in [0.25, 0.3) is 5.65 Å². The molecular formula is C7H9N5O. The van der Waals surface area contributed by atoms with Gasteiger partial charge in [-0.25, -0.2) is 14.5 Å². The fourth-order valence-electron chi connectivity index (χ4n) is 1.17. The molecule has 0 aliphatic rings. The molecule has 3 N–H and O–H groups in total. The van der Waals surface area contributed by atoms with Gasteiger partial charge in [0.15, 0.2) is 11.5 Å². The smallest absolute Gasteiger partial charge is 0.196 e. The molecule has 2 aromatic rings. The molecule has 0 aliphatic carbocycles. The van der Waals surface area contributed by atoms with Crippen LogP contribution in [0.5, 0.6) is 0 Å². The second-order valence-electron chi connectivity index (χ2n) is 2.60. The van der Waals surface area contributed by atoms with Crippen molar-refractivity contribution in [2.24, 2.45) is 0 Å². The van der Waals surface area contributed by atoms with Crippen molar-refractivity contribution in [1.82, 2.24) is 19.6 Å². The Morgan fingerprint density at radius 3 is 3.08 bits per heavy atom. The molecule has 2 heterocycles. The summed E-state index contributed by atoms with van der Waals surface area (Å²) in [7, 11) is 0. The summed E-state index contributed by atoms with van der Waals surface area (Å²) in [5.74, 6) is 0.346. The molecule has 2 rings (SSSR count). The molecule has 6 nitrogen and oxygen atoms in total. The molecule has 0 amide bonds. The maximum absolute atomic E-state index is 8.75. The number of aromatic nitrogens is 4. The summed E-state index contributed by atoms with van der Waals surface area (Å²) in [6.07, 6.45) is 3.51. The molecular weight excluding hydrogens is 170 g/mol. The van der Waals surface area contributed by atoms with Crippen LogP contribution in [-0.4, -0.2) is 31.3 Å². The Kier molecular flexibility index (Phi) is 1.82. The maximum atomic E-state index is 8.75. The third kappa shape index (κ3) is 1.20. The van der Waals surface area contributed by atoms with Crippen molar-refractivity contribution < 1.29 is 5.11 Å². The van der Waals surface area contributed by atoms with Crippen molar-refractivity contribution in [1.29, 1.82) is 0 Å². The van der Waals surface area contributed by atoms with Gasteiger partial charge in [-0.2, -0.15) is 5.10 Å². The first-order valence-electron chi connectivity index (χ1n) is 3.87. The van der Waals surface area contributed by atoms with Crippen molar-refractivity contribution in [3.8, 4) is 0 Å². The minimum atomic E-state index is 0.0672. The van der Waals surface area contributed by atoms with Gasteiger partial charge in [0.1, 0.15) is 6.33 Å². The first-order chi connectivity index (χ1) is 6.33. The van der Waals surface area contributed by atoms with E-state index in [1.54, 1.807) is 10.7 Å². The zero-order valence-electron chi connectivity index (χ0n) is 6.88. The van der Waals surface area contributed by atoms with Gasteiger partial charge in [0, 0.05) is 13.0 Å². The predicted molar refractivity (Wildman–Crippen MR) is 46.0 cm³/mol. The summed E-state index contributed by atoms with van der Waals surface area (Å²) in [4.78, 5) is 7.84. The normalized spacial score (nSPS) is 10.8. The van der Waals surface area contributed by atoms with Gasteiger partial charge in [0.25, 0.3) is 0 Å². The number of nitrogens with two attached hydrogens (primary N) is 1. The van der Waals surface area contributed by atoms with Gasteiger partial charge in [0.2, 0.25) is 0 Å². The lowest BCUT2D eigenvalue weighted by Gasteiger charge is -1.97. The van der Waals surface area contributed by atoms with E-state index in [0.29, 0.717) is 17.9 Å². The number of hydrogen-bond donors (Lipinski definition) is 2. The fourth-order valence-corrected chi connectivity index (χ4v) is 1.17. The number of nitrogens with zero attached hydrogens (tertiary/aromatic N) is 4. The van der Waals surface area contributed by atoms with E-state index < -0.39 is 0 Å². The Morgan fingerprint density at radius 1 is 1.46 bits per heavy atom. The number of fused-ring (bicyclic) bond motifs is 1. The Bertz CT molecular complexity index is 424. The average Bonchev–Trinajstić information content (AvgIpc) is 2.51. The van der Waals surface area contributed by atoms with Crippen LogP contribution >= 0.6 is 0 Å². The molecule has 2 aromatic heterocycles. The third-order valence-corrected chi connectivity index (χ3v) is 1.77.